The van der Waals surface area contributed by atoms with E-state index >= 15 is 0 Å². The highest BCUT2D eigenvalue weighted by molar-refractivity contribution is 5.95. The van der Waals surface area contributed by atoms with Crippen LogP contribution in [-0.2, 0) is 25.6 Å². The van der Waals surface area contributed by atoms with Crippen LogP contribution in [0.4, 0.5) is 0 Å². The van der Waals surface area contributed by atoms with Crippen molar-refractivity contribution in [3.8, 4) is 0 Å². The van der Waals surface area contributed by atoms with Gasteiger partial charge in [-0.25, -0.2) is 4.79 Å². The Morgan fingerprint density at radius 1 is 1.23 bits per heavy atom. The van der Waals surface area contributed by atoms with E-state index in [-0.39, 0.29) is 6.42 Å². The molecule has 5 atom stereocenters. The number of benzene rings is 1. The number of carbonyl (C=O) groups is 4. The fraction of sp³-hybridized carbons (Fsp3) is 0.478. The summed E-state index contributed by atoms with van der Waals surface area (Å²) >= 11 is 0. The third-order valence-electron chi connectivity index (χ3n) is 6.13. The van der Waals surface area contributed by atoms with E-state index in [1.54, 1.807) is 6.20 Å². The van der Waals surface area contributed by atoms with Gasteiger partial charge in [0.2, 0.25) is 17.7 Å². The lowest BCUT2D eigenvalue weighted by atomic mass is 10.0. The van der Waals surface area contributed by atoms with Crippen LogP contribution in [0.25, 0.3) is 10.9 Å². The first kappa shape index (κ1) is 26.1. The van der Waals surface area contributed by atoms with E-state index in [0.29, 0.717) is 19.4 Å². The van der Waals surface area contributed by atoms with Gasteiger partial charge in [-0.15, -0.1) is 0 Å². The van der Waals surface area contributed by atoms with Gasteiger partial charge in [0.05, 0.1) is 18.8 Å². The van der Waals surface area contributed by atoms with Crippen molar-refractivity contribution >= 4 is 34.6 Å². The number of carbonyl (C=O) groups excluding carboxylic acids is 3. The quantitative estimate of drug-likeness (QED) is 0.208. The highest BCUT2D eigenvalue weighted by atomic mass is 16.4. The van der Waals surface area contributed by atoms with Crippen molar-refractivity contribution in [1.82, 2.24) is 20.5 Å². The first-order valence-electron chi connectivity index (χ1n) is 11.4. The van der Waals surface area contributed by atoms with Crippen molar-refractivity contribution in [2.24, 2.45) is 5.73 Å². The van der Waals surface area contributed by atoms with Crippen LogP contribution in [0.1, 0.15) is 25.3 Å². The van der Waals surface area contributed by atoms with Gasteiger partial charge >= 0.3 is 5.97 Å². The van der Waals surface area contributed by atoms with E-state index in [2.05, 4.69) is 15.6 Å². The van der Waals surface area contributed by atoms with Gasteiger partial charge in [-0.1, -0.05) is 18.2 Å². The first-order valence-corrected chi connectivity index (χ1v) is 11.4. The summed E-state index contributed by atoms with van der Waals surface area (Å²) < 4.78 is 0. The number of carboxylic acid groups (broad SMARTS) is 1. The second-order valence-corrected chi connectivity index (χ2v) is 8.67. The Bertz CT molecular complexity index is 1090. The number of aromatic nitrogens is 1. The maximum atomic E-state index is 13.1. The number of aliphatic hydroxyl groups excluding tert-OH is 2. The van der Waals surface area contributed by atoms with Crippen molar-refractivity contribution < 1.29 is 34.5 Å². The minimum absolute atomic E-state index is 0.269. The Labute approximate surface area is 201 Å². The first-order chi connectivity index (χ1) is 16.6. The largest absolute Gasteiger partial charge is 0.480 e. The van der Waals surface area contributed by atoms with E-state index < -0.39 is 60.6 Å². The van der Waals surface area contributed by atoms with Gasteiger partial charge in [0.25, 0.3) is 0 Å². The lowest BCUT2D eigenvalue weighted by molar-refractivity contribution is -0.145. The third-order valence-corrected chi connectivity index (χ3v) is 6.13. The summed E-state index contributed by atoms with van der Waals surface area (Å²) in [6, 6.07) is 2.79. The van der Waals surface area contributed by atoms with Crippen molar-refractivity contribution in [2.45, 2.75) is 56.5 Å². The van der Waals surface area contributed by atoms with Crippen LogP contribution >= 0.6 is 0 Å². The lowest BCUT2D eigenvalue weighted by Crippen LogP contribution is -2.59. The van der Waals surface area contributed by atoms with E-state index in [1.165, 1.54) is 11.8 Å². The van der Waals surface area contributed by atoms with Gasteiger partial charge in [0.1, 0.15) is 12.1 Å². The fourth-order valence-corrected chi connectivity index (χ4v) is 4.25. The number of nitrogens with one attached hydrogen (secondary N) is 3. The smallest absolute Gasteiger partial charge is 0.328 e. The molecule has 1 aromatic carbocycles. The standard InChI is InChI=1S/C23H31N5O7/c1-12(30)19(23(34)35)27-20(31)17(11-29)26-21(32)18-7-4-8-28(18)22(33)15(24)9-13-10-25-16-6-3-2-5-14(13)16/h2-3,5-6,10,12,15,17-19,25,29-30H,4,7-9,11,24H2,1H3,(H,26,32)(H,27,31)(H,34,35). The van der Waals surface area contributed by atoms with E-state index in [0.717, 1.165) is 16.5 Å². The van der Waals surface area contributed by atoms with Crippen LogP contribution < -0.4 is 16.4 Å². The Morgan fingerprint density at radius 2 is 1.94 bits per heavy atom. The number of rotatable bonds is 10. The molecule has 1 saturated heterocycles. The molecule has 0 spiro atoms. The van der Waals surface area contributed by atoms with Gasteiger partial charge in [-0.2, -0.15) is 0 Å². The molecule has 3 amide bonds. The van der Waals surface area contributed by atoms with E-state index in [4.69, 9.17) is 10.8 Å². The lowest BCUT2D eigenvalue weighted by Gasteiger charge is -2.28. The molecule has 1 aliphatic rings. The SMILES string of the molecule is CC(O)C(NC(=O)C(CO)NC(=O)C1CCCN1C(=O)C(N)Cc1c[nH]c2ccccc12)C(=O)O. The maximum absolute atomic E-state index is 13.1. The van der Waals surface area contributed by atoms with Crippen LogP contribution in [0.5, 0.6) is 0 Å². The highest BCUT2D eigenvalue weighted by Crippen LogP contribution is 2.22. The second kappa shape index (κ2) is 11.3. The molecule has 35 heavy (non-hydrogen) atoms. The number of aliphatic hydroxyl groups is 2. The Morgan fingerprint density at radius 3 is 2.60 bits per heavy atom. The molecule has 2 heterocycles. The van der Waals surface area contributed by atoms with Crippen molar-refractivity contribution in [2.75, 3.05) is 13.2 Å². The molecule has 2 aromatic rings. The average Bonchev–Trinajstić information content (AvgIpc) is 3.47. The van der Waals surface area contributed by atoms with Gasteiger partial charge in [-0.3, -0.25) is 14.4 Å². The number of aromatic amines is 1. The predicted octanol–water partition coefficient (Wildman–Crippen LogP) is -1.54. The van der Waals surface area contributed by atoms with Crippen LogP contribution in [0.15, 0.2) is 30.5 Å². The van der Waals surface area contributed by atoms with Crippen molar-refractivity contribution in [3.63, 3.8) is 0 Å². The van der Waals surface area contributed by atoms with Crippen LogP contribution in [0.2, 0.25) is 0 Å². The molecule has 5 unspecified atom stereocenters. The zero-order valence-electron chi connectivity index (χ0n) is 19.3. The molecule has 1 aromatic heterocycles. The molecule has 8 N–H and O–H groups in total. The second-order valence-electron chi connectivity index (χ2n) is 8.67. The third kappa shape index (κ3) is 5.96. The van der Waals surface area contributed by atoms with Gasteiger partial charge in [-0.05, 0) is 37.8 Å². The normalized spacial score (nSPS) is 19.1. The summed E-state index contributed by atoms with van der Waals surface area (Å²) in [5.74, 6) is -3.50. The number of amides is 3. The Hall–Kier alpha value is -3.48. The van der Waals surface area contributed by atoms with E-state index in [9.17, 15) is 29.4 Å². The fourth-order valence-electron chi connectivity index (χ4n) is 4.25. The molecular formula is C23H31N5O7. The molecule has 0 saturated carbocycles. The number of H-pyrrole nitrogens is 1. The summed E-state index contributed by atoms with van der Waals surface area (Å²) in [7, 11) is 0. The summed E-state index contributed by atoms with van der Waals surface area (Å²) in [6.45, 7) is 0.704. The molecule has 190 valence electrons. The summed E-state index contributed by atoms with van der Waals surface area (Å²) in [4.78, 5) is 54.1. The number of hydrogen-bond donors (Lipinski definition) is 7. The molecule has 12 nitrogen and oxygen atoms in total. The number of para-hydroxylation sites is 1. The number of hydrogen-bond acceptors (Lipinski definition) is 7. The number of carboxylic acids is 1. The molecule has 0 bridgehead atoms. The highest BCUT2D eigenvalue weighted by Gasteiger charge is 2.38. The zero-order valence-corrected chi connectivity index (χ0v) is 19.3. The number of nitrogens with zero attached hydrogens (tertiary/aromatic N) is 1. The number of likely N-dealkylation sites (tertiary alicyclic amines) is 1. The Kier molecular flexibility index (Phi) is 8.43. The molecule has 3 rings (SSSR count). The minimum Gasteiger partial charge on any atom is -0.480 e. The summed E-state index contributed by atoms with van der Waals surface area (Å²) in [5.41, 5.74) is 8.01. The molecule has 0 aliphatic carbocycles. The summed E-state index contributed by atoms with van der Waals surface area (Å²) in [5, 5.41) is 33.7. The van der Waals surface area contributed by atoms with Crippen LogP contribution in [0.3, 0.4) is 0 Å². The monoisotopic (exact) mass is 489 g/mol. The molecule has 0 radical (unpaired) electrons. The van der Waals surface area contributed by atoms with Gasteiger partial charge < -0.3 is 41.6 Å². The topological polar surface area (TPSA) is 198 Å². The number of nitrogens with two attached hydrogens (primary N) is 1. The number of fused-ring (bicyclic) bond motifs is 1. The number of aliphatic carboxylic acids is 1. The van der Waals surface area contributed by atoms with Crippen LogP contribution in [0, 0.1) is 0 Å². The van der Waals surface area contributed by atoms with E-state index in [1.807, 2.05) is 24.3 Å². The molecule has 12 heteroatoms. The predicted molar refractivity (Wildman–Crippen MR) is 125 cm³/mol. The maximum Gasteiger partial charge on any atom is 0.328 e. The van der Waals surface area contributed by atoms with Crippen LogP contribution in [-0.4, -0.2) is 92.3 Å². The summed E-state index contributed by atoms with van der Waals surface area (Å²) in [6.07, 6.45) is 1.58. The minimum atomic E-state index is -1.61. The molecule has 1 aliphatic heterocycles. The Balaban J connectivity index is 1.64. The zero-order chi connectivity index (χ0) is 25.7. The van der Waals surface area contributed by atoms with Gasteiger partial charge in [0.15, 0.2) is 6.04 Å². The van der Waals surface area contributed by atoms with Crippen molar-refractivity contribution in [3.05, 3.63) is 36.0 Å². The molecule has 1 fully saturated rings. The van der Waals surface area contributed by atoms with Gasteiger partial charge in [0, 0.05) is 23.6 Å². The average molecular weight is 490 g/mol. The van der Waals surface area contributed by atoms with Crippen molar-refractivity contribution in [1.29, 1.82) is 0 Å². The molecular weight excluding hydrogens is 458 g/mol.